The number of benzene rings is 1. The standard InChI is InChI=1S/C16H22N2O2/c1-16(7-3-2-4-8-16)17-10-12-5-6-14-13(9-12)18-15(19)11-20-14/h5-6,9,17H,2-4,7-8,10-11H2,1H3,(H,18,19). The molecule has 1 amide bonds. The molecule has 0 atom stereocenters. The third-order valence-electron chi connectivity index (χ3n) is 4.35. The van der Waals surface area contributed by atoms with E-state index in [1.807, 2.05) is 12.1 Å². The van der Waals surface area contributed by atoms with Crippen LogP contribution in [0.2, 0.25) is 0 Å². The van der Waals surface area contributed by atoms with Crippen LogP contribution >= 0.6 is 0 Å². The number of carbonyl (C=O) groups is 1. The lowest BCUT2D eigenvalue weighted by atomic mass is 9.83. The van der Waals surface area contributed by atoms with Crippen LogP contribution in [0, 0.1) is 0 Å². The molecule has 4 heteroatoms. The van der Waals surface area contributed by atoms with Gasteiger partial charge in [-0.05, 0) is 37.5 Å². The number of ether oxygens (including phenoxy) is 1. The fourth-order valence-corrected chi connectivity index (χ4v) is 3.06. The number of anilines is 1. The average molecular weight is 274 g/mol. The van der Waals surface area contributed by atoms with Crippen LogP contribution in [-0.2, 0) is 11.3 Å². The summed E-state index contributed by atoms with van der Waals surface area (Å²) in [7, 11) is 0. The molecule has 20 heavy (non-hydrogen) atoms. The van der Waals surface area contributed by atoms with Gasteiger partial charge in [-0.2, -0.15) is 0 Å². The number of fused-ring (bicyclic) bond motifs is 1. The van der Waals surface area contributed by atoms with Crippen LogP contribution in [0.4, 0.5) is 5.69 Å². The van der Waals surface area contributed by atoms with Crippen LogP contribution in [0.15, 0.2) is 18.2 Å². The molecular formula is C16H22N2O2. The second-order valence-electron chi connectivity index (χ2n) is 6.14. The normalized spacial score (nSPS) is 20.8. The van der Waals surface area contributed by atoms with Gasteiger partial charge in [0.15, 0.2) is 6.61 Å². The summed E-state index contributed by atoms with van der Waals surface area (Å²) < 4.78 is 5.37. The van der Waals surface area contributed by atoms with Gasteiger partial charge in [-0.25, -0.2) is 0 Å². The van der Waals surface area contributed by atoms with Crippen molar-refractivity contribution in [2.45, 2.75) is 51.1 Å². The molecule has 1 aliphatic heterocycles. The third-order valence-corrected chi connectivity index (χ3v) is 4.35. The summed E-state index contributed by atoms with van der Waals surface area (Å²) in [6, 6.07) is 6.01. The SMILES string of the molecule is CC1(NCc2ccc3c(c2)NC(=O)CO3)CCCCC1. The van der Waals surface area contributed by atoms with Crippen molar-refractivity contribution in [2.24, 2.45) is 0 Å². The van der Waals surface area contributed by atoms with Gasteiger partial charge >= 0.3 is 0 Å². The fourth-order valence-electron chi connectivity index (χ4n) is 3.06. The van der Waals surface area contributed by atoms with Crippen LogP contribution in [0.1, 0.15) is 44.6 Å². The van der Waals surface area contributed by atoms with E-state index in [2.05, 4.69) is 23.6 Å². The minimum absolute atomic E-state index is 0.0816. The van der Waals surface area contributed by atoms with E-state index < -0.39 is 0 Å². The molecule has 2 aliphatic rings. The number of hydrogen-bond acceptors (Lipinski definition) is 3. The van der Waals surface area contributed by atoms with Gasteiger partial charge in [0, 0.05) is 12.1 Å². The predicted molar refractivity (Wildman–Crippen MR) is 78.9 cm³/mol. The van der Waals surface area contributed by atoms with Crippen molar-refractivity contribution in [3.05, 3.63) is 23.8 Å². The largest absolute Gasteiger partial charge is 0.482 e. The first-order valence-corrected chi connectivity index (χ1v) is 7.45. The van der Waals surface area contributed by atoms with E-state index in [9.17, 15) is 4.79 Å². The van der Waals surface area contributed by atoms with Gasteiger partial charge in [0.2, 0.25) is 0 Å². The third kappa shape index (κ3) is 2.96. The van der Waals surface area contributed by atoms with Gasteiger partial charge in [0.05, 0.1) is 5.69 Å². The van der Waals surface area contributed by atoms with Gasteiger partial charge in [0.1, 0.15) is 5.75 Å². The maximum absolute atomic E-state index is 11.3. The average Bonchev–Trinajstić information content (AvgIpc) is 2.45. The van der Waals surface area contributed by atoms with E-state index in [0.29, 0.717) is 0 Å². The van der Waals surface area contributed by atoms with Gasteiger partial charge < -0.3 is 15.4 Å². The van der Waals surface area contributed by atoms with Crippen LogP contribution in [0.25, 0.3) is 0 Å². The zero-order chi connectivity index (χ0) is 14.0. The van der Waals surface area contributed by atoms with Crippen LogP contribution < -0.4 is 15.4 Å². The first-order chi connectivity index (χ1) is 9.65. The molecule has 3 rings (SSSR count). The summed E-state index contributed by atoms with van der Waals surface area (Å²) in [5, 5.41) is 6.53. The molecule has 1 heterocycles. The van der Waals surface area contributed by atoms with Gasteiger partial charge in [-0.1, -0.05) is 25.3 Å². The highest BCUT2D eigenvalue weighted by atomic mass is 16.5. The zero-order valence-corrected chi connectivity index (χ0v) is 12.0. The minimum atomic E-state index is -0.0816. The lowest BCUT2D eigenvalue weighted by Gasteiger charge is -2.35. The maximum atomic E-state index is 11.3. The number of rotatable bonds is 3. The first-order valence-electron chi connectivity index (χ1n) is 7.45. The molecule has 108 valence electrons. The molecule has 1 saturated carbocycles. The molecule has 0 radical (unpaired) electrons. The Kier molecular flexibility index (Phi) is 3.66. The van der Waals surface area contributed by atoms with E-state index in [0.717, 1.165) is 18.0 Å². The summed E-state index contributed by atoms with van der Waals surface area (Å²) in [4.78, 5) is 11.3. The molecular weight excluding hydrogens is 252 g/mol. The molecule has 1 aromatic carbocycles. The van der Waals surface area contributed by atoms with Gasteiger partial charge in [0.25, 0.3) is 5.91 Å². The highest BCUT2D eigenvalue weighted by molar-refractivity contribution is 5.95. The Morgan fingerprint density at radius 1 is 1.30 bits per heavy atom. The topological polar surface area (TPSA) is 50.4 Å². The summed E-state index contributed by atoms with van der Waals surface area (Å²) in [5.41, 5.74) is 2.23. The predicted octanol–water partition coefficient (Wildman–Crippen LogP) is 2.83. The molecule has 0 bridgehead atoms. The molecule has 4 nitrogen and oxygen atoms in total. The van der Waals surface area contributed by atoms with Crippen molar-refractivity contribution in [1.29, 1.82) is 0 Å². The summed E-state index contributed by atoms with van der Waals surface area (Å²) in [5.74, 6) is 0.680. The van der Waals surface area contributed by atoms with E-state index >= 15 is 0 Å². The first kappa shape index (κ1) is 13.4. The van der Waals surface area contributed by atoms with Gasteiger partial charge in [-0.3, -0.25) is 4.79 Å². The number of carbonyl (C=O) groups excluding carboxylic acids is 1. The molecule has 0 aromatic heterocycles. The summed E-state index contributed by atoms with van der Waals surface area (Å²) in [6.45, 7) is 3.26. The van der Waals surface area contributed by atoms with Crippen LogP contribution in [0.3, 0.4) is 0 Å². The van der Waals surface area contributed by atoms with Crippen molar-refractivity contribution in [2.75, 3.05) is 11.9 Å². The Morgan fingerprint density at radius 3 is 2.90 bits per heavy atom. The smallest absolute Gasteiger partial charge is 0.262 e. The van der Waals surface area contributed by atoms with E-state index in [4.69, 9.17) is 4.74 Å². The van der Waals surface area contributed by atoms with E-state index in [1.165, 1.54) is 37.7 Å². The number of nitrogens with one attached hydrogen (secondary N) is 2. The Balaban J connectivity index is 1.66. The Labute approximate surface area is 119 Å². The molecule has 0 unspecified atom stereocenters. The van der Waals surface area contributed by atoms with Crippen molar-refractivity contribution < 1.29 is 9.53 Å². The highest BCUT2D eigenvalue weighted by Crippen LogP contribution is 2.30. The van der Waals surface area contributed by atoms with Crippen molar-refractivity contribution >= 4 is 11.6 Å². The van der Waals surface area contributed by atoms with Crippen molar-refractivity contribution in [1.82, 2.24) is 5.32 Å². The van der Waals surface area contributed by atoms with Crippen molar-refractivity contribution in [3.8, 4) is 5.75 Å². The molecule has 0 saturated heterocycles. The highest BCUT2D eigenvalue weighted by Gasteiger charge is 2.26. The quantitative estimate of drug-likeness (QED) is 0.891. The number of hydrogen-bond donors (Lipinski definition) is 2. The monoisotopic (exact) mass is 274 g/mol. The lowest BCUT2D eigenvalue weighted by Crippen LogP contribution is -2.43. The van der Waals surface area contributed by atoms with Crippen LogP contribution in [-0.4, -0.2) is 18.1 Å². The molecule has 1 fully saturated rings. The molecule has 1 aromatic rings. The second-order valence-corrected chi connectivity index (χ2v) is 6.14. The second kappa shape index (κ2) is 5.44. The molecule has 0 spiro atoms. The minimum Gasteiger partial charge on any atom is -0.482 e. The lowest BCUT2D eigenvalue weighted by molar-refractivity contribution is -0.118. The van der Waals surface area contributed by atoms with Crippen molar-refractivity contribution in [3.63, 3.8) is 0 Å². The van der Waals surface area contributed by atoms with E-state index in [-0.39, 0.29) is 18.1 Å². The van der Waals surface area contributed by atoms with Gasteiger partial charge in [-0.15, -0.1) is 0 Å². The van der Waals surface area contributed by atoms with E-state index in [1.54, 1.807) is 0 Å². The maximum Gasteiger partial charge on any atom is 0.262 e. The fraction of sp³-hybridized carbons (Fsp3) is 0.562. The molecule has 2 N–H and O–H groups in total. The molecule has 1 aliphatic carbocycles. The Hall–Kier alpha value is -1.55. The Bertz CT molecular complexity index is 507. The number of amides is 1. The Morgan fingerprint density at radius 2 is 2.10 bits per heavy atom. The van der Waals surface area contributed by atoms with Crippen LogP contribution in [0.5, 0.6) is 5.75 Å². The summed E-state index contributed by atoms with van der Waals surface area (Å²) in [6.07, 6.45) is 6.49. The summed E-state index contributed by atoms with van der Waals surface area (Å²) >= 11 is 0. The zero-order valence-electron chi connectivity index (χ0n) is 12.0.